The molecule has 0 aliphatic heterocycles. The summed E-state index contributed by atoms with van der Waals surface area (Å²) in [6.07, 6.45) is -0.576. The zero-order valence-electron chi connectivity index (χ0n) is 16.1. The molecule has 0 radical (unpaired) electrons. The fourth-order valence-corrected chi connectivity index (χ4v) is 3.15. The summed E-state index contributed by atoms with van der Waals surface area (Å²) in [4.78, 5) is 6.61. The number of rotatable bonds is 7. The van der Waals surface area contributed by atoms with Crippen LogP contribution in [0.1, 0.15) is 30.7 Å². The lowest BCUT2D eigenvalue weighted by atomic mass is 10.0. The molecule has 28 heavy (non-hydrogen) atoms. The van der Waals surface area contributed by atoms with E-state index in [1.807, 2.05) is 36.8 Å². The molecule has 0 amide bonds. The molecular weight excluding hydrogens is 363 g/mol. The lowest BCUT2D eigenvalue weighted by molar-refractivity contribution is -0.137. The first-order valence-corrected chi connectivity index (χ1v) is 9.38. The van der Waals surface area contributed by atoms with Gasteiger partial charge in [0.2, 0.25) is 0 Å². The number of halogens is 3. The van der Waals surface area contributed by atoms with Gasteiger partial charge in [0.1, 0.15) is 0 Å². The van der Waals surface area contributed by atoms with Crippen molar-refractivity contribution >= 4 is 0 Å². The Labute approximate surface area is 163 Å². The molecule has 0 fully saturated rings. The molecule has 1 aromatic heterocycles. The minimum atomic E-state index is -4.31. The van der Waals surface area contributed by atoms with Gasteiger partial charge in [0.05, 0.1) is 17.6 Å². The van der Waals surface area contributed by atoms with E-state index in [1.165, 1.54) is 12.1 Å². The van der Waals surface area contributed by atoms with Crippen LogP contribution in [0.5, 0.6) is 0 Å². The Bertz CT molecular complexity index is 877. The summed E-state index contributed by atoms with van der Waals surface area (Å²) >= 11 is 0. The Hall–Kier alpha value is -2.60. The highest BCUT2D eigenvalue weighted by Gasteiger charge is 2.29. The molecule has 3 nitrogen and oxygen atoms in total. The smallest absolute Gasteiger partial charge is 0.329 e. The van der Waals surface area contributed by atoms with Crippen molar-refractivity contribution in [1.82, 2.24) is 14.5 Å². The van der Waals surface area contributed by atoms with Crippen LogP contribution < -0.4 is 0 Å². The molecule has 6 heteroatoms. The molecule has 1 heterocycles. The highest BCUT2D eigenvalue weighted by Crippen LogP contribution is 2.31. The molecule has 3 aromatic rings. The van der Waals surface area contributed by atoms with Gasteiger partial charge in [-0.2, -0.15) is 13.2 Å². The van der Waals surface area contributed by atoms with E-state index in [0.29, 0.717) is 6.54 Å². The lowest BCUT2D eigenvalue weighted by Crippen LogP contribution is -2.23. The van der Waals surface area contributed by atoms with E-state index in [4.69, 9.17) is 0 Å². The SMILES string of the molecule is CCN(CC)Cc1cncn1Cc1ccc(-c2ccc(C(F)(F)F)cc2)cc1. The Morgan fingerprint density at radius 1 is 0.893 bits per heavy atom. The van der Waals surface area contributed by atoms with Crippen LogP contribution in [0.3, 0.4) is 0 Å². The van der Waals surface area contributed by atoms with E-state index in [2.05, 4.69) is 28.3 Å². The highest BCUT2D eigenvalue weighted by atomic mass is 19.4. The minimum absolute atomic E-state index is 0.631. The summed E-state index contributed by atoms with van der Waals surface area (Å²) < 4.78 is 40.2. The van der Waals surface area contributed by atoms with Gasteiger partial charge >= 0.3 is 6.18 Å². The number of aromatic nitrogens is 2. The van der Waals surface area contributed by atoms with Gasteiger partial charge in [-0.05, 0) is 41.9 Å². The van der Waals surface area contributed by atoms with Crippen molar-refractivity contribution in [3.8, 4) is 11.1 Å². The van der Waals surface area contributed by atoms with Gasteiger partial charge < -0.3 is 4.57 Å². The number of alkyl halides is 3. The van der Waals surface area contributed by atoms with Crippen molar-refractivity contribution in [2.45, 2.75) is 33.1 Å². The predicted octanol–water partition coefficient (Wildman–Crippen LogP) is 5.46. The number of benzene rings is 2. The van der Waals surface area contributed by atoms with Gasteiger partial charge in [0.15, 0.2) is 0 Å². The summed E-state index contributed by atoms with van der Waals surface area (Å²) in [7, 11) is 0. The maximum absolute atomic E-state index is 12.7. The fraction of sp³-hybridized carbons (Fsp3) is 0.318. The molecule has 0 atom stereocenters. The van der Waals surface area contributed by atoms with E-state index >= 15 is 0 Å². The molecule has 0 aliphatic carbocycles. The Morgan fingerprint density at radius 2 is 1.46 bits per heavy atom. The van der Waals surface area contributed by atoms with Crippen molar-refractivity contribution in [3.05, 3.63) is 77.9 Å². The summed E-state index contributed by atoms with van der Waals surface area (Å²) in [5.41, 5.74) is 3.31. The van der Waals surface area contributed by atoms with Crippen LogP contribution in [0.2, 0.25) is 0 Å². The molecule has 2 aromatic carbocycles. The van der Waals surface area contributed by atoms with Crippen LogP contribution in [0.4, 0.5) is 13.2 Å². The van der Waals surface area contributed by atoms with Gasteiger partial charge in [-0.25, -0.2) is 4.98 Å². The number of nitrogens with zero attached hydrogens (tertiary/aromatic N) is 3. The molecule has 0 bridgehead atoms. The van der Waals surface area contributed by atoms with Crippen LogP contribution >= 0.6 is 0 Å². The van der Waals surface area contributed by atoms with Crippen LogP contribution in [0.15, 0.2) is 61.1 Å². The van der Waals surface area contributed by atoms with Crippen molar-refractivity contribution in [2.75, 3.05) is 13.1 Å². The summed E-state index contributed by atoms with van der Waals surface area (Å²) in [6, 6.07) is 13.2. The maximum Gasteiger partial charge on any atom is 0.416 e. The quantitative estimate of drug-likeness (QED) is 0.537. The first-order chi connectivity index (χ1) is 13.4. The molecule has 0 saturated heterocycles. The fourth-order valence-electron chi connectivity index (χ4n) is 3.15. The first-order valence-electron chi connectivity index (χ1n) is 9.38. The van der Waals surface area contributed by atoms with Gasteiger partial charge in [0, 0.05) is 19.3 Å². The Kier molecular flexibility index (Phi) is 6.19. The van der Waals surface area contributed by atoms with Gasteiger partial charge in [-0.15, -0.1) is 0 Å². The van der Waals surface area contributed by atoms with Crippen LogP contribution in [0, 0.1) is 0 Å². The Morgan fingerprint density at radius 3 is 2.00 bits per heavy atom. The third-order valence-electron chi connectivity index (χ3n) is 4.93. The zero-order valence-corrected chi connectivity index (χ0v) is 16.1. The minimum Gasteiger partial charge on any atom is -0.329 e. The van der Waals surface area contributed by atoms with Gasteiger partial charge in [-0.3, -0.25) is 4.90 Å². The van der Waals surface area contributed by atoms with Crippen molar-refractivity contribution < 1.29 is 13.2 Å². The molecule has 0 saturated carbocycles. The van der Waals surface area contributed by atoms with Gasteiger partial charge in [-0.1, -0.05) is 50.2 Å². The summed E-state index contributed by atoms with van der Waals surface area (Å²) in [5, 5.41) is 0. The van der Waals surface area contributed by atoms with Crippen molar-refractivity contribution in [2.24, 2.45) is 0 Å². The number of imidazole rings is 1. The third-order valence-corrected chi connectivity index (χ3v) is 4.93. The molecule has 148 valence electrons. The van der Waals surface area contributed by atoms with E-state index < -0.39 is 11.7 Å². The van der Waals surface area contributed by atoms with E-state index in [-0.39, 0.29) is 0 Å². The average Bonchev–Trinajstić information content (AvgIpc) is 3.12. The predicted molar refractivity (Wildman–Crippen MR) is 105 cm³/mol. The molecule has 0 spiro atoms. The molecular formula is C22H24F3N3. The standard InChI is InChI=1S/C22H24F3N3/c1-3-27(4-2)15-21-13-26-16-28(21)14-17-5-7-18(8-6-17)19-9-11-20(12-10-19)22(23,24)25/h5-13,16H,3-4,14-15H2,1-2H3. The topological polar surface area (TPSA) is 21.1 Å². The van der Waals surface area contributed by atoms with E-state index in [1.54, 1.807) is 0 Å². The second kappa shape index (κ2) is 8.61. The zero-order chi connectivity index (χ0) is 20.1. The summed E-state index contributed by atoms with van der Waals surface area (Å²) in [5.74, 6) is 0. The first kappa shape index (κ1) is 20.1. The maximum atomic E-state index is 12.7. The monoisotopic (exact) mass is 387 g/mol. The van der Waals surface area contributed by atoms with Crippen molar-refractivity contribution in [1.29, 1.82) is 0 Å². The largest absolute Gasteiger partial charge is 0.416 e. The van der Waals surface area contributed by atoms with Crippen LogP contribution in [-0.4, -0.2) is 27.5 Å². The molecule has 0 unspecified atom stereocenters. The highest BCUT2D eigenvalue weighted by molar-refractivity contribution is 5.64. The van der Waals surface area contributed by atoms with Gasteiger partial charge in [0.25, 0.3) is 0 Å². The molecule has 0 N–H and O–H groups in total. The van der Waals surface area contributed by atoms with Crippen molar-refractivity contribution in [3.63, 3.8) is 0 Å². The molecule has 0 aliphatic rings. The number of hydrogen-bond acceptors (Lipinski definition) is 2. The van der Waals surface area contributed by atoms with E-state index in [9.17, 15) is 13.2 Å². The average molecular weight is 387 g/mol. The Balaban J connectivity index is 1.71. The second-order valence-corrected chi connectivity index (χ2v) is 6.75. The second-order valence-electron chi connectivity index (χ2n) is 6.75. The third kappa shape index (κ3) is 4.81. The normalized spacial score (nSPS) is 11.9. The molecule has 3 rings (SSSR count). The number of hydrogen-bond donors (Lipinski definition) is 0. The summed E-state index contributed by atoms with van der Waals surface area (Å²) in [6.45, 7) is 7.84. The van der Waals surface area contributed by atoms with E-state index in [0.717, 1.165) is 54.2 Å². The van der Waals surface area contributed by atoms with Crippen LogP contribution in [0.25, 0.3) is 11.1 Å². The van der Waals surface area contributed by atoms with Crippen LogP contribution in [-0.2, 0) is 19.3 Å². The lowest BCUT2D eigenvalue weighted by Gasteiger charge is -2.19.